The Hall–Kier alpha value is -2.56. The average Bonchev–Trinajstić information content (AvgIpc) is 2.52. The highest BCUT2D eigenvalue weighted by molar-refractivity contribution is 5.94. The molecule has 0 aliphatic rings. The largest absolute Gasteiger partial charge is 0.497 e. The number of benzene rings is 1. The van der Waals surface area contributed by atoms with Crippen molar-refractivity contribution in [3.8, 4) is 5.75 Å². The Morgan fingerprint density at radius 1 is 1.23 bits per heavy atom. The van der Waals surface area contributed by atoms with Crippen LogP contribution in [0, 0.1) is 6.92 Å². The third-order valence-electron chi connectivity index (χ3n) is 3.53. The van der Waals surface area contributed by atoms with E-state index in [0.29, 0.717) is 0 Å². The van der Waals surface area contributed by atoms with Crippen molar-refractivity contribution in [3.63, 3.8) is 0 Å². The predicted molar refractivity (Wildman–Crippen MR) is 85.3 cm³/mol. The maximum Gasteiger partial charge on any atom is 0.260 e. The summed E-state index contributed by atoms with van der Waals surface area (Å²) in [5.74, 6) is 0.392. The molecule has 2 aromatic rings. The van der Waals surface area contributed by atoms with Gasteiger partial charge < -0.3 is 15.0 Å². The highest BCUT2D eigenvalue weighted by Crippen LogP contribution is 2.20. The van der Waals surface area contributed by atoms with Crippen molar-refractivity contribution >= 4 is 5.91 Å². The van der Waals surface area contributed by atoms with Crippen molar-refractivity contribution in [2.24, 2.45) is 0 Å². The van der Waals surface area contributed by atoms with Crippen LogP contribution in [0.15, 0.2) is 41.2 Å². The summed E-state index contributed by atoms with van der Waals surface area (Å²) in [5, 5.41) is 2.90. The lowest BCUT2D eigenvalue weighted by molar-refractivity contribution is 0.0934. The Kier molecular flexibility index (Phi) is 4.99. The second-order valence-corrected chi connectivity index (χ2v) is 5.09. The number of aromatic amines is 1. The summed E-state index contributed by atoms with van der Waals surface area (Å²) in [6.45, 7) is 3.75. The molecule has 1 aromatic carbocycles. The number of aryl methyl sites for hydroxylation is 1. The van der Waals surface area contributed by atoms with Crippen LogP contribution in [-0.4, -0.2) is 18.0 Å². The van der Waals surface area contributed by atoms with Crippen LogP contribution in [0.25, 0.3) is 0 Å². The molecule has 0 spiro atoms. The van der Waals surface area contributed by atoms with E-state index in [4.69, 9.17) is 4.74 Å². The van der Waals surface area contributed by atoms with Crippen LogP contribution < -0.4 is 15.6 Å². The first-order valence-electron chi connectivity index (χ1n) is 7.20. The van der Waals surface area contributed by atoms with Crippen LogP contribution in [0.3, 0.4) is 0 Å². The molecule has 2 N–H and O–H groups in total. The summed E-state index contributed by atoms with van der Waals surface area (Å²) in [5.41, 5.74) is 1.45. The summed E-state index contributed by atoms with van der Waals surface area (Å²) in [6, 6.07) is 10.6. The molecule has 0 saturated carbocycles. The van der Waals surface area contributed by atoms with Crippen molar-refractivity contribution < 1.29 is 9.53 Å². The summed E-state index contributed by atoms with van der Waals surface area (Å²) in [6.07, 6.45) is 0.724. The van der Waals surface area contributed by atoms with Gasteiger partial charge in [0, 0.05) is 5.69 Å². The summed E-state index contributed by atoms with van der Waals surface area (Å²) >= 11 is 0. The Morgan fingerprint density at radius 2 is 1.91 bits per heavy atom. The first-order chi connectivity index (χ1) is 10.5. The second-order valence-electron chi connectivity index (χ2n) is 5.09. The summed E-state index contributed by atoms with van der Waals surface area (Å²) < 4.78 is 5.13. The van der Waals surface area contributed by atoms with Crippen molar-refractivity contribution in [1.29, 1.82) is 0 Å². The van der Waals surface area contributed by atoms with Crippen LogP contribution >= 0.6 is 0 Å². The third kappa shape index (κ3) is 3.55. The highest BCUT2D eigenvalue weighted by atomic mass is 16.5. The molecule has 1 heterocycles. The molecule has 0 bridgehead atoms. The van der Waals surface area contributed by atoms with Gasteiger partial charge in [0.25, 0.3) is 11.5 Å². The van der Waals surface area contributed by atoms with Crippen molar-refractivity contribution in [2.75, 3.05) is 7.11 Å². The minimum absolute atomic E-state index is 0.123. The minimum atomic E-state index is -0.373. The van der Waals surface area contributed by atoms with Crippen LogP contribution in [-0.2, 0) is 0 Å². The average molecular weight is 300 g/mol. The lowest BCUT2D eigenvalue weighted by Crippen LogP contribution is -2.32. The molecule has 5 heteroatoms. The zero-order chi connectivity index (χ0) is 16.1. The van der Waals surface area contributed by atoms with Crippen LogP contribution in [0.2, 0.25) is 0 Å². The zero-order valence-electron chi connectivity index (χ0n) is 13.0. The van der Waals surface area contributed by atoms with Crippen LogP contribution in [0.5, 0.6) is 5.75 Å². The third-order valence-corrected chi connectivity index (χ3v) is 3.53. The fourth-order valence-electron chi connectivity index (χ4n) is 2.24. The number of hydrogen-bond acceptors (Lipinski definition) is 3. The van der Waals surface area contributed by atoms with Gasteiger partial charge in [-0.3, -0.25) is 9.59 Å². The lowest BCUT2D eigenvalue weighted by Gasteiger charge is -2.17. The van der Waals surface area contributed by atoms with E-state index >= 15 is 0 Å². The number of ether oxygens (including phenoxy) is 1. The van der Waals surface area contributed by atoms with Crippen molar-refractivity contribution in [3.05, 3.63) is 63.6 Å². The van der Waals surface area contributed by atoms with Gasteiger partial charge in [0.05, 0.1) is 13.2 Å². The van der Waals surface area contributed by atoms with Crippen molar-refractivity contribution in [2.45, 2.75) is 26.3 Å². The molecule has 22 heavy (non-hydrogen) atoms. The molecule has 5 nitrogen and oxygen atoms in total. The number of hydrogen-bond donors (Lipinski definition) is 2. The van der Waals surface area contributed by atoms with Gasteiger partial charge in [-0.25, -0.2) is 0 Å². The number of rotatable bonds is 5. The SMILES string of the molecule is CC[C@H](NC(=O)c1ccc(C)[nH]c1=O)c1ccc(OC)cc1. The highest BCUT2D eigenvalue weighted by Gasteiger charge is 2.16. The molecule has 1 amide bonds. The molecule has 0 radical (unpaired) electrons. The van der Waals surface area contributed by atoms with Gasteiger partial charge in [0.2, 0.25) is 0 Å². The van der Waals surface area contributed by atoms with E-state index < -0.39 is 0 Å². The maximum atomic E-state index is 12.3. The van der Waals surface area contributed by atoms with Gasteiger partial charge in [0.15, 0.2) is 0 Å². The number of nitrogens with one attached hydrogen (secondary N) is 2. The Bertz CT molecular complexity index is 705. The van der Waals surface area contributed by atoms with Crippen LogP contribution in [0.1, 0.15) is 41.0 Å². The Balaban J connectivity index is 2.18. The zero-order valence-corrected chi connectivity index (χ0v) is 13.0. The number of carbonyl (C=O) groups is 1. The maximum absolute atomic E-state index is 12.3. The van der Waals surface area contributed by atoms with Gasteiger partial charge in [-0.15, -0.1) is 0 Å². The molecule has 0 saturated heterocycles. The monoisotopic (exact) mass is 300 g/mol. The molecular formula is C17H20N2O3. The van der Waals surface area contributed by atoms with Gasteiger partial charge in [0.1, 0.15) is 11.3 Å². The normalized spacial score (nSPS) is 11.8. The molecule has 116 valence electrons. The fourth-order valence-corrected chi connectivity index (χ4v) is 2.24. The molecule has 0 aliphatic heterocycles. The number of pyridine rings is 1. The van der Waals surface area contributed by atoms with E-state index in [0.717, 1.165) is 23.4 Å². The van der Waals surface area contributed by atoms with Crippen LogP contribution in [0.4, 0.5) is 0 Å². The van der Waals surface area contributed by atoms with E-state index in [9.17, 15) is 9.59 Å². The van der Waals surface area contributed by atoms with E-state index in [1.807, 2.05) is 31.2 Å². The molecule has 0 unspecified atom stereocenters. The Labute approximate surface area is 129 Å². The van der Waals surface area contributed by atoms with E-state index in [1.165, 1.54) is 0 Å². The number of H-pyrrole nitrogens is 1. The summed E-state index contributed by atoms with van der Waals surface area (Å²) in [7, 11) is 1.61. The summed E-state index contributed by atoms with van der Waals surface area (Å²) in [4.78, 5) is 26.8. The first-order valence-corrected chi connectivity index (χ1v) is 7.20. The molecule has 2 rings (SSSR count). The number of carbonyl (C=O) groups excluding carboxylic acids is 1. The van der Waals surface area contributed by atoms with E-state index in [1.54, 1.807) is 26.2 Å². The first kappa shape index (κ1) is 15.8. The fraction of sp³-hybridized carbons (Fsp3) is 0.294. The van der Waals surface area contributed by atoms with E-state index in [-0.39, 0.29) is 23.1 Å². The van der Waals surface area contributed by atoms with Crippen molar-refractivity contribution in [1.82, 2.24) is 10.3 Å². The van der Waals surface area contributed by atoms with E-state index in [2.05, 4.69) is 10.3 Å². The van der Waals surface area contributed by atoms with Gasteiger partial charge >= 0.3 is 0 Å². The molecule has 1 aromatic heterocycles. The smallest absolute Gasteiger partial charge is 0.260 e. The van der Waals surface area contributed by atoms with Gasteiger partial charge in [-0.2, -0.15) is 0 Å². The number of amides is 1. The minimum Gasteiger partial charge on any atom is -0.497 e. The molecule has 0 fully saturated rings. The van der Waals surface area contributed by atoms with Gasteiger partial charge in [-0.1, -0.05) is 19.1 Å². The predicted octanol–water partition coefficient (Wildman–Crippen LogP) is 2.57. The quantitative estimate of drug-likeness (QED) is 0.891. The number of aromatic nitrogens is 1. The van der Waals surface area contributed by atoms with Gasteiger partial charge in [-0.05, 0) is 43.2 Å². The lowest BCUT2D eigenvalue weighted by atomic mass is 10.0. The molecule has 0 aliphatic carbocycles. The molecular weight excluding hydrogens is 280 g/mol. The topological polar surface area (TPSA) is 71.2 Å². The second kappa shape index (κ2) is 6.93. The number of methoxy groups -OCH3 is 1. The molecule has 1 atom stereocenters. The standard InChI is InChI=1S/C17H20N2O3/c1-4-15(12-6-8-13(22-3)9-7-12)19-17(21)14-10-5-11(2)18-16(14)20/h5-10,15H,4H2,1-3H3,(H,18,20)(H,19,21)/t15-/m0/s1. The Morgan fingerprint density at radius 3 is 2.45 bits per heavy atom.